The van der Waals surface area contributed by atoms with Crippen LogP contribution in [-0.4, -0.2) is 27.5 Å². The minimum atomic E-state index is -0.465. The first-order valence-corrected chi connectivity index (χ1v) is 6.29. The fraction of sp³-hybridized carbons (Fsp3) is 0.667. The molecule has 1 aliphatic heterocycles. The Kier molecular flexibility index (Phi) is 3.56. The van der Waals surface area contributed by atoms with Crippen molar-refractivity contribution in [2.45, 2.75) is 26.3 Å². The molecule has 1 fully saturated rings. The largest absolute Gasteiger partial charge is 0.385 e. The van der Waals surface area contributed by atoms with E-state index in [4.69, 9.17) is 5.73 Å². The van der Waals surface area contributed by atoms with Crippen LogP contribution in [0.4, 0.5) is 5.82 Å². The van der Waals surface area contributed by atoms with Crippen LogP contribution in [-0.2, 0) is 13.6 Å². The lowest BCUT2D eigenvalue weighted by molar-refractivity contribution is 0.176. The van der Waals surface area contributed by atoms with Crippen molar-refractivity contribution < 1.29 is 0 Å². The Morgan fingerprint density at radius 3 is 2.83 bits per heavy atom. The summed E-state index contributed by atoms with van der Waals surface area (Å²) in [6.07, 6.45) is 2.38. The molecule has 1 unspecified atom stereocenters. The molecule has 6 heteroatoms. The van der Waals surface area contributed by atoms with Crippen molar-refractivity contribution >= 4 is 5.82 Å². The van der Waals surface area contributed by atoms with Gasteiger partial charge in [-0.05, 0) is 25.3 Å². The third-order valence-corrected chi connectivity index (χ3v) is 3.59. The van der Waals surface area contributed by atoms with Crippen molar-refractivity contribution in [3.63, 3.8) is 0 Å². The Morgan fingerprint density at radius 1 is 1.44 bits per heavy atom. The number of rotatable bonds is 2. The fourth-order valence-corrected chi connectivity index (χ4v) is 2.49. The number of anilines is 1. The maximum absolute atomic E-state index is 11.8. The van der Waals surface area contributed by atoms with Crippen molar-refractivity contribution in [1.82, 2.24) is 14.5 Å². The van der Waals surface area contributed by atoms with Gasteiger partial charge < -0.3 is 5.73 Å². The van der Waals surface area contributed by atoms with Crippen molar-refractivity contribution in [3.05, 3.63) is 26.4 Å². The van der Waals surface area contributed by atoms with Gasteiger partial charge in [0.25, 0.3) is 5.56 Å². The van der Waals surface area contributed by atoms with Gasteiger partial charge in [0.1, 0.15) is 5.82 Å². The lowest BCUT2D eigenvalue weighted by Gasteiger charge is -2.30. The van der Waals surface area contributed by atoms with Gasteiger partial charge in [-0.15, -0.1) is 0 Å². The minimum absolute atomic E-state index is 0.266. The van der Waals surface area contributed by atoms with E-state index in [-0.39, 0.29) is 11.4 Å². The fourth-order valence-electron chi connectivity index (χ4n) is 2.49. The van der Waals surface area contributed by atoms with Gasteiger partial charge in [-0.1, -0.05) is 6.92 Å². The molecule has 2 heterocycles. The third-order valence-electron chi connectivity index (χ3n) is 3.59. The zero-order chi connectivity index (χ0) is 13.3. The van der Waals surface area contributed by atoms with Crippen LogP contribution in [0.25, 0.3) is 0 Å². The van der Waals surface area contributed by atoms with E-state index >= 15 is 0 Å². The molecule has 0 aliphatic carbocycles. The predicted molar refractivity (Wildman–Crippen MR) is 70.4 cm³/mol. The number of likely N-dealkylation sites (tertiary alicyclic amines) is 1. The molecule has 2 rings (SSSR count). The van der Waals surface area contributed by atoms with Gasteiger partial charge in [-0.2, -0.15) is 0 Å². The molecule has 0 radical (unpaired) electrons. The van der Waals surface area contributed by atoms with Crippen LogP contribution in [0.2, 0.25) is 0 Å². The van der Waals surface area contributed by atoms with Crippen molar-refractivity contribution in [3.8, 4) is 0 Å². The number of hydrogen-bond acceptors (Lipinski definition) is 4. The van der Waals surface area contributed by atoms with Crippen molar-refractivity contribution in [2.24, 2.45) is 13.0 Å². The SMILES string of the molecule is CC1CCCN(Cc2c(N)n(C)c(=O)[nH]c2=O)C1. The van der Waals surface area contributed by atoms with Crippen LogP contribution in [0.15, 0.2) is 9.59 Å². The Balaban J connectivity index is 2.26. The summed E-state index contributed by atoms with van der Waals surface area (Å²) in [5, 5.41) is 0. The number of nitrogen functional groups attached to an aromatic ring is 1. The molecule has 6 nitrogen and oxygen atoms in total. The number of H-pyrrole nitrogens is 1. The number of piperidine rings is 1. The topological polar surface area (TPSA) is 84.1 Å². The van der Waals surface area contributed by atoms with E-state index in [1.165, 1.54) is 11.0 Å². The highest BCUT2D eigenvalue weighted by Crippen LogP contribution is 2.17. The summed E-state index contributed by atoms with van der Waals surface area (Å²) in [7, 11) is 1.57. The summed E-state index contributed by atoms with van der Waals surface area (Å²) in [5.41, 5.74) is 5.51. The van der Waals surface area contributed by atoms with Crippen LogP contribution in [0, 0.1) is 5.92 Å². The monoisotopic (exact) mass is 252 g/mol. The first kappa shape index (κ1) is 12.9. The maximum atomic E-state index is 11.8. The average Bonchev–Trinajstić information content (AvgIpc) is 2.32. The Labute approximate surface area is 105 Å². The van der Waals surface area contributed by atoms with E-state index in [2.05, 4.69) is 16.8 Å². The molecule has 0 spiro atoms. The Bertz CT molecular complexity index is 546. The minimum Gasteiger partial charge on any atom is -0.385 e. The van der Waals surface area contributed by atoms with E-state index in [0.29, 0.717) is 18.0 Å². The Morgan fingerprint density at radius 2 is 2.17 bits per heavy atom. The highest BCUT2D eigenvalue weighted by Gasteiger charge is 2.19. The quantitative estimate of drug-likeness (QED) is 0.769. The number of nitrogens with zero attached hydrogens (tertiary/aromatic N) is 2. The summed E-state index contributed by atoms with van der Waals surface area (Å²) >= 11 is 0. The number of aromatic amines is 1. The number of nitrogens with one attached hydrogen (secondary N) is 1. The summed E-state index contributed by atoms with van der Waals surface area (Å²) in [5.74, 6) is 0.911. The summed E-state index contributed by atoms with van der Waals surface area (Å²) < 4.78 is 1.28. The highest BCUT2D eigenvalue weighted by molar-refractivity contribution is 5.37. The lowest BCUT2D eigenvalue weighted by Crippen LogP contribution is -2.39. The van der Waals surface area contributed by atoms with E-state index < -0.39 is 5.69 Å². The molecule has 0 bridgehead atoms. The molecule has 100 valence electrons. The van der Waals surface area contributed by atoms with Crippen LogP contribution >= 0.6 is 0 Å². The maximum Gasteiger partial charge on any atom is 0.329 e. The molecule has 0 saturated carbocycles. The molecule has 18 heavy (non-hydrogen) atoms. The molecule has 1 atom stereocenters. The first-order valence-electron chi connectivity index (χ1n) is 6.29. The summed E-state index contributed by atoms with van der Waals surface area (Å²) in [6, 6.07) is 0. The molecule has 1 saturated heterocycles. The second-order valence-corrected chi connectivity index (χ2v) is 5.16. The smallest absolute Gasteiger partial charge is 0.329 e. The molecule has 0 aromatic carbocycles. The van der Waals surface area contributed by atoms with Gasteiger partial charge in [0.15, 0.2) is 0 Å². The molecule has 1 aromatic heterocycles. The van der Waals surface area contributed by atoms with Crippen molar-refractivity contribution in [2.75, 3.05) is 18.8 Å². The number of nitrogens with two attached hydrogens (primary N) is 1. The van der Waals surface area contributed by atoms with Crippen LogP contribution < -0.4 is 17.0 Å². The molecule has 0 amide bonds. The molecule has 1 aromatic rings. The van der Waals surface area contributed by atoms with Gasteiger partial charge in [0.2, 0.25) is 0 Å². The van der Waals surface area contributed by atoms with Crippen LogP contribution in [0.1, 0.15) is 25.3 Å². The zero-order valence-corrected chi connectivity index (χ0v) is 10.9. The Hall–Kier alpha value is -1.56. The molecular formula is C12H20N4O2. The van der Waals surface area contributed by atoms with E-state index in [0.717, 1.165) is 19.5 Å². The second-order valence-electron chi connectivity index (χ2n) is 5.16. The average molecular weight is 252 g/mol. The first-order chi connectivity index (χ1) is 8.49. The van der Waals surface area contributed by atoms with Gasteiger partial charge >= 0.3 is 5.69 Å². The highest BCUT2D eigenvalue weighted by atomic mass is 16.2. The van der Waals surface area contributed by atoms with E-state index in [9.17, 15) is 9.59 Å². The molecular weight excluding hydrogens is 232 g/mol. The normalized spacial score (nSPS) is 21.1. The van der Waals surface area contributed by atoms with Crippen molar-refractivity contribution in [1.29, 1.82) is 0 Å². The third kappa shape index (κ3) is 2.48. The standard InChI is InChI=1S/C12H20N4O2/c1-8-4-3-5-16(6-8)7-9-10(13)15(2)12(18)14-11(9)17/h8H,3-7,13H2,1-2H3,(H,14,17,18). The van der Waals surface area contributed by atoms with Gasteiger partial charge in [-0.3, -0.25) is 19.2 Å². The van der Waals surface area contributed by atoms with E-state index in [1.807, 2.05) is 0 Å². The van der Waals surface area contributed by atoms with Gasteiger partial charge in [0, 0.05) is 20.1 Å². The van der Waals surface area contributed by atoms with E-state index in [1.54, 1.807) is 7.05 Å². The van der Waals surface area contributed by atoms with Crippen LogP contribution in [0.5, 0.6) is 0 Å². The number of hydrogen-bond donors (Lipinski definition) is 2. The van der Waals surface area contributed by atoms with Crippen LogP contribution in [0.3, 0.4) is 0 Å². The lowest BCUT2D eigenvalue weighted by atomic mass is 10.00. The molecule has 3 N–H and O–H groups in total. The predicted octanol–water partition coefficient (Wildman–Crippen LogP) is -0.112. The summed E-state index contributed by atoms with van der Waals surface area (Å²) in [4.78, 5) is 27.7. The zero-order valence-electron chi connectivity index (χ0n) is 10.9. The second kappa shape index (κ2) is 4.97. The van der Waals surface area contributed by atoms with Gasteiger partial charge in [0.05, 0.1) is 5.56 Å². The molecule has 1 aliphatic rings. The summed E-state index contributed by atoms with van der Waals surface area (Å²) in [6.45, 7) is 4.67. The van der Waals surface area contributed by atoms with Gasteiger partial charge in [-0.25, -0.2) is 4.79 Å². The number of aromatic nitrogens is 2.